The number of halogens is 4. The van der Waals surface area contributed by atoms with Crippen molar-refractivity contribution in [3.63, 3.8) is 0 Å². The molecule has 2 rings (SSSR count). The largest absolute Gasteiger partial charge is 0.396 e. The van der Waals surface area contributed by atoms with Crippen molar-refractivity contribution in [1.29, 1.82) is 0 Å². The fourth-order valence-electron chi connectivity index (χ4n) is 1.29. The van der Waals surface area contributed by atoms with E-state index in [0.717, 1.165) is 0 Å². The Morgan fingerprint density at radius 2 is 1.72 bits per heavy atom. The van der Waals surface area contributed by atoms with Gasteiger partial charge in [0.25, 0.3) is 0 Å². The third-order valence-electron chi connectivity index (χ3n) is 2.16. The first-order valence-corrected chi connectivity index (χ1v) is 5.19. The second kappa shape index (κ2) is 4.73. The number of aromatic nitrogens is 1. The van der Waals surface area contributed by atoms with E-state index in [1.54, 1.807) is 0 Å². The van der Waals surface area contributed by atoms with Gasteiger partial charge in [-0.3, -0.25) is 0 Å². The summed E-state index contributed by atoms with van der Waals surface area (Å²) in [5.41, 5.74) is 5.50. The maximum atomic E-state index is 13.4. The number of rotatable bonds is 2. The molecule has 0 atom stereocenters. The summed E-state index contributed by atoms with van der Waals surface area (Å²) in [6.45, 7) is 0. The minimum absolute atomic E-state index is 0.0624. The van der Waals surface area contributed by atoms with E-state index in [9.17, 15) is 13.2 Å². The third-order valence-corrected chi connectivity index (χ3v) is 2.37. The Hall–Kier alpha value is -1.95. The van der Waals surface area contributed by atoms with Gasteiger partial charge in [-0.05, 0) is 12.1 Å². The molecular weight excluding hydrogens is 267 g/mol. The number of nitrogens with zero attached hydrogens (tertiary/aromatic N) is 1. The van der Waals surface area contributed by atoms with Crippen LogP contribution in [0.1, 0.15) is 0 Å². The smallest absolute Gasteiger partial charge is 0.161 e. The molecule has 0 radical (unpaired) electrons. The van der Waals surface area contributed by atoms with E-state index in [2.05, 4.69) is 10.3 Å². The Labute approximate surface area is 105 Å². The lowest BCUT2D eigenvalue weighted by atomic mass is 10.2. The molecule has 0 fully saturated rings. The van der Waals surface area contributed by atoms with Crippen LogP contribution in [0.5, 0.6) is 0 Å². The summed E-state index contributed by atoms with van der Waals surface area (Å²) in [6.07, 6.45) is 0. The molecule has 1 aromatic heterocycles. The maximum Gasteiger partial charge on any atom is 0.161 e. The van der Waals surface area contributed by atoms with Crippen LogP contribution < -0.4 is 11.1 Å². The number of benzene rings is 1. The topological polar surface area (TPSA) is 50.9 Å². The van der Waals surface area contributed by atoms with Crippen molar-refractivity contribution in [2.75, 3.05) is 11.1 Å². The first kappa shape index (κ1) is 12.5. The number of anilines is 3. The molecule has 0 spiro atoms. The van der Waals surface area contributed by atoms with Crippen molar-refractivity contribution in [3.05, 3.63) is 46.9 Å². The molecule has 7 heteroatoms. The van der Waals surface area contributed by atoms with E-state index < -0.39 is 17.5 Å². The van der Waals surface area contributed by atoms with Crippen LogP contribution in [0.15, 0.2) is 24.3 Å². The molecule has 18 heavy (non-hydrogen) atoms. The molecule has 0 aliphatic heterocycles. The molecular formula is C11H7ClF3N3. The van der Waals surface area contributed by atoms with E-state index in [-0.39, 0.29) is 22.3 Å². The third kappa shape index (κ3) is 2.48. The minimum atomic E-state index is -1.27. The highest BCUT2D eigenvalue weighted by Crippen LogP contribution is 2.26. The van der Waals surface area contributed by atoms with Gasteiger partial charge in [0.2, 0.25) is 0 Å². The number of nitrogens with one attached hydrogen (secondary N) is 1. The highest BCUT2D eigenvalue weighted by atomic mass is 35.5. The molecule has 0 unspecified atom stereocenters. The number of hydrogen-bond acceptors (Lipinski definition) is 3. The van der Waals surface area contributed by atoms with Gasteiger partial charge in [0, 0.05) is 12.1 Å². The molecule has 1 aromatic carbocycles. The summed E-state index contributed by atoms with van der Waals surface area (Å²) in [5, 5.41) is 2.58. The Bertz CT molecular complexity index is 604. The summed E-state index contributed by atoms with van der Waals surface area (Å²) >= 11 is 5.64. The van der Waals surface area contributed by atoms with E-state index in [1.165, 1.54) is 12.1 Å². The van der Waals surface area contributed by atoms with Crippen LogP contribution in [0, 0.1) is 17.5 Å². The summed E-state index contributed by atoms with van der Waals surface area (Å²) in [6, 6.07) is 4.00. The van der Waals surface area contributed by atoms with Gasteiger partial charge in [0.1, 0.15) is 11.0 Å². The van der Waals surface area contributed by atoms with Crippen LogP contribution in [0.3, 0.4) is 0 Å². The Balaban J connectivity index is 2.40. The van der Waals surface area contributed by atoms with Gasteiger partial charge in [-0.1, -0.05) is 11.6 Å². The molecule has 0 aliphatic rings. The van der Waals surface area contributed by atoms with Gasteiger partial charge in [-0.15, -0.1) is 0 Å². The van der Waals surface area contributed by atoms with Gasteiger partial charge in [-0.2, -0.15) is 0 Å². The van der Waals surface area contributed by atoms with Crippen LogP contribution in [-0.4, -0.2) is 4.98 Å². The van der Waals surface area contributed by atoms with Gasteiger partial charge in [0.15, 0.2) is 17.5 Å². The lowest BCUT2D eigenvalue weighted by Gasteiger charge is -2.09. The normalized spacial score (nSPS) is 10.4. The molecule has 3 N–H and O–H groups in total. The maximum absolute atomic E-state index is 13.4. The van der Waals surface area contributed by atoms with Crippen molar-refractivity contribution in [3.8, 4) is 0 Å². The molecule has 0 bridgehead atoms. The molecule has 94 valence electrons. The first-order chi connectivity index (χ1) is 8.47. The summed E-state index contributed by atoms with van der Waals surface area (Å²) in [4.78, 5) is 3.81. The van der Waals surface area contributed by atoms with Crippen LogP contribution in [-0.2, 0) is 0 Å². The van der Waals surface area contributed by atoms with E-state index >= 15 is 0 Å². The van der Waals surface area contributed by atoms with Crippen molar-refractivity contribution in [2.45, 2.75) is 0 Å². The van der Waals surface area contributed by atoms with Gasteiger partial charge in [0.05, 0.1) is 11.4 Å². The van der Waals surface area contributed by atoms with Gasteiger partial charge >= 0.3 is 0 Å². The fraction of sp³-hybridized carbons (Fsp3) is 0. The molecule has 0 aliphatic carbocycles. The minimum Gasteiger partial charge on any atom is -0.396 e. The van der Waals surface area contributed by atoms with Crippen molar-refractivity contribution >= 4 is 28.8 Å². The first-order valence-electron chi connectivity index (χ1n) is 4.81. The SMILES string of the molecule is Nc1ccc(Cl)nc1Nc1cc(F)c(F)cc1F. The monoisotopic (exact) mass is 273 g/mol. The zero-order valence-corrected chi connectivity index (χ0v) is 9.60. The van der Waals surface area contributed by atoms with E-state index in [4.69, 9.17) is 17.3 Å². The quantitative estimate of drug-likeness (QED) is 0.651. The molecule has 3 nitrogen and oxygen atoms in total. The average Bonchev–Trinajstić information content (AvgIpc) is 2.30. The van der Waals surface area contributed by atoms with Crippen molar-refractivity contribution in [1.82, 2.24) is 4.98 Å². The second-order valence-electron chi connectivity index (χ2n) is 3.44. The Morgan fingerprint density at radius 1 is 1.06 bits per heavy atom. The lowest BCUT2D eigenvalue weighted by molar-refractivity contribution is 0.496. The number of nitrogen functional groups attached to an aromatic ring is 1. The molecule has 0 amide bonds. The Morgan fingerprint density at radius 3 is 2.44 bits per heavy atom. The highest BCUT2D eigenvalue weighted by Gasteiger charge is 2.11. The molecule has 0 saturated heterocycles. The predicted molar refractivity (Wildman–Crippen MR) is 63.3 cm³/mol. The van der Waals surface area contributed by atoms with Gasteiger partial charge < -0.3 is 11.1 Å². The van der Waals surface area contributed by atoms with E-state index in [0.29, 0.717) is 12.1 Å². The lowest BCUT2D eigenvalue weighted by Crippen LogP contribution is -2.02. The summed E-state index contributed by atoms with van der Waals surface area (Å²) in [7, 11) is 0. The van der Waals surface area contributed by atoms with E-state index in [1.807, 2.05) is 0 Å². The average molecular weight is 274 g/mol. The van der Waals surface area contributed by atoms with Crippen LogP contribution in [0.25, 0.3) is 0 Å². The highest BCUT2D eigenvalue weighted by molar-refractivity contribution is 6.29. The molecule has 1 heterocycles. The summed E-state index contributed by atoms with van der Waals surface area (Å²) in [5.74, 6) is -3.35. The Kier molecular flexibility index (Phi) is 3.29. The second-order valence-corrected chi connectivity index (χ2v) is 3.83. The standard InChI is InChI=1S/C11H7ClF3N3/c12-10-2-1-8(16)11(18-10)17-9-4-6(14)5(13)3-7(9)15/h1-4H,16H2,(H,17,18). The van der Waals surface area contributed by atoms with Crippen LogP contribution in [0.2, 0.25) is 5.15 Å². The van der Waals surface area contributed by atoms with Gasteiger partial charge in [-0.25, -0.2) is 18.2 Å². The fourth-order valence-corrected chi connectivity index (χ4v) is 1.44. The van der Waals surface area contributed by atoms with Crippen molar-refractivity contribution < 1.29 is 13.2 Å². The number of hydrogen-bond donors (Lipinski definition) is 2. The van der Waals surface area contributed by atoms with Crippen molar-refractivity contribution in [2.24, 2.45) is 0 Å². The number of nitrogens with two attached hydrogens (primary N) is 1. The van der Waals surface area contributed by atoms with Crippen LogP contribution in [0.4, 0.5) is 30.4 Å². The zero-order valence-electron chi connectivity index (χ0n) is 8.85. The predicted octanol–water partition coefficient (Wildman–Crippen LogP) is 3.48. The molecule has 2 aromatic rings. The molecule has 0 saturated carbocycles. The zero-order chi connectivity index (χ0) is 13.3. The number of pyridine rings is 1. The summed E-state index contributed by atoms with van der Waals surface area (Å²) < 4.78 is 39.1. The van der Waals surface area contributed by atoms with Crippen LogP contribution >= 0.6 is 11.6 Å².